The zero-order chi connectivity index (χ0) is 19.1. The molecule has 0 radical (unpaired) electrons. The highest BCUT2D eigenvalue weighted by Gasteiger charge is 2.07. The van der Waals surface area contributed by atoms with Crippen LogP contribution in [0.3, 0.4) is 0 Å². The standard InChI is InChI=1S/C19H19N3O3S2/c1-3-25-15-9-8-13(10-16(15)24-2)11-20-22-18(23)12-26-19-21-14-6-4-5-7-17(14)27-19/h4-11H,3,12H2,1-2H3,(H,22,23)/b20-11-. The molecule has 6 nitrogen and oxygen atoms in total. The minimum Gasteiger partial charge on any atom is -0.493 e. The molecule has 0 fully saturated rings. The molecule has 27 heavy (non-hydrogen) atoms. The average molecular weight is 402 g/mol. The molecule has 1 heterocycles. The lowest BCUT2D eigenvalue weighted by Crippen LogP contribution is -2.19. The van der Waals surface area contributed by atoms with E-state index in [1.54, 1.807) is 30.7 Å². The van der Waals surface area contributed by atoms with Gasteiger partial charge in [0.2, 0.25) is 0 Å². The first-order valence-electron chi connectivity index (χ1n) is 8.30. The molecule has 2 aromatic carbocycles. The number of carbonyl (C=O) groups is 1. The minimum atomic E-state index is -0.187. The van der Waals surface area contributed by atoms with Gasteiger partial charge in [0.25, 0.3) is 5.91 Å². The number of hydrogen-bond donors (Lipinski definition) is 1. The summed E-state index contributed by atoms with van der Waals surface area (Å²) in [7, 11) is 1.58. The van der Waals surface area contributed by atoms with Crippen molar-refractivity contribution in [3.8, 4) is 11.5 Å². The van der Waals surface area contributed by atoms with Gasteiger partial charge in [0, 0.05) is 0 Å². The minimum absolute atomic E-state index is 0.187. The largest absolute Gasteiger partial charge is 0.493 e. The van der Waals surface area contributed by atoms with Gasteiger partial charge in [-0.15, -0.1) is 11.3 Å². The van der Waals surface area contributed by atoms with E-state index >= 15 is 0 Å². The first kappa shape index (κ1) is 19.2. The summed E-state index contributed by atoms with van der Waals surface area (Å²) in [4.78, 5) is 16.5. The van der Waals surface area contributed by atoms with E-state index < -0.39 is 0 Å². The van der Waals surface area contributed by atoms with Crippen molar-refractivity contribution in [2.45, 2.75) is 11.3 Å². The van der Waals surface area contributed by atoms with Gasteiger partial charge in [-0.3, -0.25) is 4.79 Å². The van der Waals surface area contributed by atoms with Gasteiger partial charge in [-0.05, 0) is 42.8 Å². The molecule has 1 aromatic heterocycles. The van der Waals surface area contributed by atoms with E-state index in [0.717, 1.165) is 20.1 Å². The second kappa shape index (κ2) is 9.38. The number of para-hydroxylation sites is 1. The smallest absolute Gasteiger partial charge is 0.250 e. The number of thiazole rings is 1. The highest BCUT2D eigenvalue weighted by molar-refractivity contribution is 8.01. The quantitative estimate of drug-likeness (QED) is 0.352. The number of fused-ring (bicyclic) bond motifs is 1. The molecule has 0 aliphatic rings. The van der Waals surface area contributed by atoms with E-state index in [1.807, 2.05) is 43.3 Å². The molecular formula is C19H19N3O3S2. The molecule has 0 saturated carbocycles. The molecule has 0 atom stereocenters. The molecule has 1 amide bonds. The van der Waals surface area contributed by atoms with Crippen LogP contribution >= 0.6 is 23.1 Å². The van der Waals surface area contributed by atoms with Gasteiger partial charge >= 0.3 is 0 Å². The predicted octanol–water partition coefficient (Wildman–Crippen LogP) is 3.95. The lowest BCUT2D eigenvalue weighted by molar-refractivity contribution is -0.118. The number of carbonyl (C=O) groups excluding carboxylic acids is 1. The Hall–Kier alpha value is -2.58. The number of ether oxygens (including phenoxy) is 2. The van der Waals surface area contributed by atoms with Crippen LogP contribution in [0.1, 0.15) is 12.5 Å². The third-order valence-corrected chi connectivity index (χ3v) is 5.67. The van der Waals surface area contributed by atoms with Crippen LogP contribution in [0.5, 0.6) is 11.5 Å². The fourth-order valence-corrected chi connectivity index (χ4v) is 4.15. The van der Waals surface area contributed by atoms with Crippen molar-refractivity contribution in [3.05, 3.63) is 48.0 Å². The summed E-state index contributed by atoms with van der Waals surface area (Å²) in [5, 5.41) is 4.00. The SMILES string of the molecule is CCOc1ccc(/C=N\NC(=O)CSc2nc3ccccc3s2)cc1OC. The highest BCUT2D eigenvalue weighted by atomic mass is 32.2. The number of nitrogens with one attached hydrogen (secondary N) is 1. The van der Waals surface area contributed by atoms with Gasteiger partial charge in [-0.2, -0.15) is 5.10 Å². The van der Waals surface area contributed by atoms with Crippen molar-refractivity contribution >= 4 is 45.4 Å². The molecule has 0 aliphatic carbocycles. The Morgan fingerprint density at radius 3 is 2.93 bits per heavy atom. The van der Waals surface area contributed by atoms with Crippen LogP contribution in [0.2, 0.25) is 0 Å². The summed E-state index contributed by atoms with van der Waals surface area (Å²) in [5.74, 6) is 1.37. The summed E-state index contributed by atoms with van der Waals surface area (Å²) in [6.07, 6.45) is 1.57. The van der Waals surface area contributed by atoms with Crippen LogP contribution in [0, 0.1) is 0 Å². The third kappa shape index (κ3) is 5.21. The molecule has 140 valence electrons. The van der Waals surface area contributed by atoms with Crippen molar-refractivity contribution < 1.29 is 14.3 Å². The van der Waals surface area contributed by atoms with Crippen LogP contribution in [0.4, 0.5) is 0 Å². The maximum absolute atomic E-state index is 12.0. The lowest BCUT2D eigenvalue weighted by atomic mass is 10.2. The van der Waals surface area contributed by atoms with Crippen LogP contribution in [-0.4, -0.2) is 36.6 Å². The van der Waals surface area contributed by atoms with Gasteiger partial charge in [-0.1, -0.05) is 23.9 Å². The van der Waals surface area contributed by atoms with Gasteiger partial charge in [0.1, 0.15) is 0 Å². The average Bonchev–Trinajstić information content (AvgIpc) is 3.10. The Balaban J connectivity index is 1.52. The van der Waals surface area contributed by atoms with E-state index in [2.05, 4.69) is 15.5 Å². The third-order valence-electron chi connectivity index (χ3n) is 3.49. The number of amides is 1. The normalized spacial score (nSPS) is 11.0. The monoisotopic (exact) mass is 401 g/mol. The van der Waals surface area contributed by atoms with Crippen LogP contribution in [0.15, 0.2) is 51.9 Å². The molecule has 0 spiro atoms. The Labute approximate surface area is 165 Å². The Kier molecular flexibility index (Phi) is 6.67. The zero-order valence-corrected chi connectivity index (χ0v) is 16.6. The molecule has 0 bridgehead atoms. The topological polar surface area (TPSA) is 72.8 Å². The number of hydrazone groups is 1. The highest BCUT2D eigenvalue weighted by Crippen LogP contribution is 2.29. The van der Waals surface area contributed by atoms with E-state index in [1.165, 1.54) is 11.8 Å². The Bertz CT molecular complexity index is 923. The number of methoxy groups -OCH3 is 1. The van der Waals surface area contributed by atoms with Gasteiger partial charge in [0.05, 0.1) is 35.9 Å². The molecule has 8 heteroatoms. The number of thioether (sulfide) groups is 1. The van der Waals surface area contributed by atoms with Gasteiger partial charge < -0.3 is 9.47 Å². The maximum Gasteiger partial charge on any atom is 0.250 e. The fourth-order valence-electron chi connectivity index (χ4n) is 2.29. The number of aromatic nitrogens is 1. The van der Waals surface area contributed by atoms with Crippen molar-refractivity contribution in [1.29, 1.82) is 0 Å². The van der Waals surface area contributed by atoms with Gasteiger partial charge in [0.15, 0.2) is 15.8 Å². The van der Waals surface area contributed by atoms with Crippen LogP contribution in [0.25, 0.3) is 10.2 Å². The van der Waals surface area contributed by atoms with Crippen molar-refractivity contribution in [3.63, 3.8) is 0 Å². The van der Waals surface area contributed by atoms with Crippen molar-refractivity contribution in [2.24, 2.45) is 5.10 Å². The fraction of sp³-hybridized carbons (Fsp3) is 0.211. The zero-order valence-electron chi connectivity index (χ0n) is 15.0. The van der Waals surface area contributed by atoms with Gasteiger partial charge in [-0.25, -0.2) is 10.4 Å². The summed E-state index contributed by atoms with van der Waals surface area (Å²) in [6, 6.07) is 13.4. The Morgan fingerprint density at radius 2 is 2.15 bits per heavy atom. The second-order valence-electron chi connectivity index (χ2n) is 5.37. The summed E-state index contributed by atoms with van der Waals surface area (Å²) in [5.41, 5.74) is 4.28. The van der Waals surface area contributed by atoms with E-state index in [4.69, 9.17) is 9.47 Å². The molecule has 1 N–H and O–H groups in total. The van der Waals surface area contributed by atoms with E-state index in [-0.39, 0.29) is 11.7 Å². The number of nitrogens with zero attached hydrogens (tertiary/aromatic N) is 2. The second-order valence-corrected chi connectivity index (χ2v) is 7.63. The summed E-state index contributed by atoms with van der Waals surface area (Å²) >= 11 is 2.98. The summed E-state index contributed by atoms with van der Waals surface area (Å²) in [6.45, 7) is 2.48. The maximum atomic E-state index is 12.0. The number of rotatable bonds is 8. The molecule has 0 unspecified atom stereocenters. The molecule has 0 aliphatic heterocycles. The summed E-state index contributed by atoms with van der Waals surface area (Å²) < 4.78 is 12.8. The van der Waals surface area contributed by atoms with E-state index in [9.17, 15) is 4.79 Å². The molecular weight excluding hydrogens is 382 g/mol. The number of hydrogen-bond acceptors (Lipinski definition) is 7. The van der Waals surface area contributed by atoms with Crippen LogP contribution in [-0.2, 0) is 4.79 Å². The molecule has 0 saturated heterocycles. The lowest BCUT2D eigenvalue weighted by Gasteiger charge is -2.09. The first-order valence-corrected chi connectivity index (χ1v) is 10.1. The van der Waals surface area contributed by atoms with Crippen molar-refractivity contribution in [2.75, 3.05) is 19.5 Å². The van der Waals surface area contributed by atoms with Crippen molar-refractivity contribution in [1.82, 2.24) is 10.4 Å². The first-order chi connectivity index (χ1) is 13.2. The predicted molar refractivity (Wildman–Crippen MR) is 110 cm³/mol. The molecule has 3 rings (SSSR count). The van der Waals surface area contributed by atoms with Crippen LogP contribution < -0.4 is 14.9 Å². The number of benzene rings is 2. The Morgan fingerprint density at radius 1 is 1.30 bits per heavy atom. The van der Waals surface area contributed by atoms with E-state index in [0.29, 0.717) is 18.1 Å². The molecule has 3 aromatic rings.